The van der Waals surface area contributed by atoms with Gasteiger partial charge in [0.05, 0.1) is 19.4 Å². The van der Waals surface area contributed by atoms with Crippen molar-refractivity contribution in [1.29, 1.82) is 0 Å². The molecule has 1 fully saturated rings. The molecular formula is C21H24N4O3. The molecule has 3 aromatic rings. The van der Waals surface area contributed by atoms with Crippen molar-refractivity contribution in [2.45, 2.75) is 6.92 Å². The summed E-state index contributed by atoms with van der Waals surface area (Å²) in [6.45, 7) is 7.11. The Morgan fingerprint density at radius 1 is 1.14 bits per heavy atom. The third-order valence-electron chi connectivity index (χ3n) is 4.70. The zero-order valence-corrected chi connectivity index (χ0v) is 15.9. The van der Waals surface area contributed by atoms with E-state index in [1.165, 1.54) is 0 Å². The fourth-order valence-electron chi connectivity index (χ4n) is 3.04. The molecule has 4 rings (SSSR count). The first-order chi connectivity index (χ1) is 13.8. The molecule has 0 saturated carbocycles. The summed E-state index contributed by atoms with van der Waals surface area (Å²) in [6, 6.07) is 10.2. The largest absolute Gasteiger partial charge is 0.492 e. The lowest BCUT2D eigenvalue weighted by Crippen LogP contribution is -2.38. The number of pyridine rings is 1. The molecule has 0 atom stereocenters. The minimum Gasteiger partial charge on any atom is -0.492 e. The average molecular weight is 380 g/mol. The predicted molar refractivity (Wildman–Crippen MR) is 107 cm³/mol. The Hall–Kier alpha value is -2.90. The summed E-state index contributed by atoms with van der Waals surface area (Å²) in [7, 11) is 0. The summed E-state index contributed by atoms with van der Waals surface area (Å²) in [5.74, 6) is 1.52. The molecule has 28 heavy (non-hydrogen) atoms. The molecule has 0 spiro atoms. The standard InChI is InChI=1S/C21H24N4O3/c1-16-2-3-18(27-13-10-25-8-11-26-12-9-25)14-19(16)24-21-23-15-20(28-21)17-4-6-22-7-5-17/h2-7,14-15H,8-13H2,1H3,(H,23,24). The van der Waals surface area contributed by atoms with Gasteiger partial charge in [-0.25, -0.2) is 4.98 Å². The maximum atomic E-state index is 5.94. The smallest absolute Gasteiger partial charge is 0.299 e. The highest BCUT2D eigenvalue weighted by atomic mass is 16.5. The highest BCUT2D eigenvalue weighted by Gasteiger charge is 2.11. The number of hydrogen-bond donors (Lipinski definition) is 1. The van der Waals surface area contributed by atoms with E-state index >= 15 is 0 Å². The summed E-state index contributed by atoms with van der Waals surface area (Å²) in [5.41, 5.74) is 2.93. The van der Waals surface area contributed by atoms with Crippen LogP contribution in [0.3, 0.4) is 0 Å². The maximum absolute atomic E-state index is 5.94. The van der Waals surface area contributed by atoms with Crippen LogP contribution in [0.25, 0.3) is 11.3 Å². The molecule has 0 bridgehead atoms. The van der Waals surface area contributed by atoms with Crippen LogP contribution in [-0.2, 0) is 4.74 Å². The number of oxazole rings is 1. The van der Waals surface area contributed by atoms with Crippen LogP contribution in [0.4, 0.5) is 11.7 Å². The lowest BCUT2D eigenvalue weighted by molar-refractivity contribution is 0.0322. The summed E-state index contributed by atoms with van der Waals surface area (Å²) >= 11 is 0. The molecule has 7 heteroatoms. The number of hydrogen-bond acceptors (Lipinski definition) is 7. The van der Waals surface area contributed by atoms with Gasteiger partial charge in [-0.1, -0.05) is 6.07 Å². The van der Waals surface area contributed by atoms with E-state index < -0.39 is 0 Å². The molecule has 3 heterocycles. The Bertz CT molecular complexity index is 892. The highest BCUT2D eigenvalue weighted by Crippen LogP contribution is 2.27. The minimum absolute atomic E-state index is 0.445. The second-order valence-corrected chi connectivity index (χ2v) is 6.67. The number of ether oxygens (including phenoxy) is 2. The molecule has 1 saturated heterocycles. The molecule has 0 unspecified atom stereocenters. The third kappa shape index (κ3) is 4.68. The first kappa shape index (κ1) is 18.5. The van der Waals surface area contributed by atoms with Gasteiger partial charge < -0.3 is 19.2 Å². The SMILES string of the molecule is Cc1ccc(OCCN2CCOCC2)cc1Nc1ncc(-c2ccncc2)o1. The molecule has 2 aromatic heterocycles. The van der Waals surface area contributed by atoms with Gasteiger partial charge in [0.25, 0.3) is 6.01 Å². The lowest BCUT2D eigenvalue weighted by atomic mass is 10.2. The Morgan fingerprint density at radius 2 is 1.96 bits per heavy atom. The van der Waals surface area contributed by atoms with Crippen molar-refractivity contribution >= 4 is 11.7 Å². The molecule has 0 amide bonds. The van der Waals surface area contributed by atoms with E-state index in [2.05, 4.69) is 20.2 Å². The van der Waals surface area contributed by atoms with Crippen LogP contribution in [0.2, 0.25) is 0 Å². The van der Waals surface area contributed by atoms with Gasteiger partial charge in [0.1, 0.15) is 12.4 Å². The molecule has 1 N–H and O–H groups in total. The number of nitrogens with zero attached hydrogens (tertiary/aromatic N) is 3. The first-order valence-electron chi connectivity index (χ1n) is 9.45. The van der Waals surface area contributed by atoms with Gasteiger partial charge in [0, 0.05) is 49.3 Å². The van der Waals surface area contributed by atoms with Crippen LogP contribution in [0.15, 0.2) is 53.3 Å². The Morgan fingerprint density at radius 3 is 2.79 bits per heavy atom. The molecule has 1 aliphatic rings. The van der Waals surface area contributed by atoms with E-state index in [-0.39, 0.29) is 0 Å². The second kappa shape index (κ2) is 8.86. The number of nitrogens with one attached hydrogen (secondary N) is 1. The molecule has 1 aliphatic heterocycles. The number of rotatable bonds is 7. The van der Waals surface area contributed by atoms with Gasteiger partial charge in [0.15, 0.2) is 5.76 Å². The maximum Gasteiger partial charge on any atom is 0.299 e. The summed E-state index contributed by atoms with van der Waals surface area (Å²) in [6.07, 6.45) is 5.16. The number of benzene rings is 1. The molecular weight excluding hydrogens is 356 g/mol. The van der Waals surface area contributed by atoms with Crippen molar-refractivity contribution in [1.82, 2.24) is 14.9 Å². The van der Waals surface area contributed by atoms with Crippen LogP contribution < -0.4 is 10.1 Å². The van der Waals surface area contributed by atoms with Gasteiger partial charge in [-0.15, -0.1) is 0 Å². The van der Waals surface area contributed by atoms with Crippen molar-refractivity contribution in [2.75, 3.05) is 44.8 Å². The number of morpholine rings is 1. The van der Waals surface area contributed by atoms with Crippen LogP contribution in [-0.4, -0.2) is 54.3 Å². The van der Waals surface area contributed by atoms with Gasteiger partial charge >= 0.3 is 0 Å². The fraction of sp³-hybridized carbons (Fsp3) is 0.333. The Kier molecular flexibility index (Phi) is 5.84. The molecule has 1 aromatic carbocycles. The lowest BCUT2D eigenvalue weighted by Gasteiger charge is -2.26. The molecule has 146 valence electrons. The van der Waals surface area contributed by atoms with Crippen LogP contribution >= 0.6 is 0 Å². The van der Waals surface area contributed by atoms with Gasteiger partial charge in [0.2, 0.25) is 0 Å². The summed E-state index contributed by atoms with van der Waals surface area (Å²) in [5, 5.41) is 3.24. The Labute approximate surface area is 164 Å². The van der Waals surface area contributed by atoms with E-state index in [9.17, 15) is 0 Å². The number of anilines is 2. The molecule has 7 nitrogen and oxygen atoms in total. The zero-order valence-electron chi connectivity index (χ0n) is 15.9. The van der Waals surface area contributed by atoms with Crippen molar-refractivity contribution < 1.29 is 13.9 Å². The second-order valence-electron chi connectivity index (χ2n) is 6.67. The fourth-order valence-corrected chi connectivity index (χ4v) is 3.04. The summed E-state index contributed by atoms with van der Waals surface area (Å²) in [4.78, 5) is 10.7. The number of aromatic nitrogens is 2. The average Bonchev–Trinajstić information content (AvgIpc) is 3.20. The minimum atomic E-state index is 0.445. The number of aryl methyl sites for hydroxylation is 1. The van der Waals surface area contributed by atoms with Crippen LogP contribution in [0.5, 0.6) is 5.75 Å². The summed E-state index contributed by atoms with van der Waals surface area (Å²) < 4.78 is 17.1. The van der Waals surface area contributed by atoms with E-state index in [0.717, 1.165) is 55.4 Å². The van der Waals surface area contributed by atoms with Crippen molar-refractivity contribution in [3.8, 4) is 17.1 Å². The normalized spacial score (nSPS) is 14.8. The van der Waals surface area contributed by atoms with Gasteiger partial charge in [-0.3, -0.25) is 9.88 Å². The van der Waals surface area contributed by atoms with Gasteiger partial charge in [-0.2, -0.15) is 0 Å². The molecule has 0 aliphatic carbocycles. The van der Waals surface area contributed by atoms with Crippen LogP contribution in [0.1, 0.15) is 5.56 Å². The molecule has 0 radical (unpaired) electrons. The third-order valence-corrected chi connectivity index (χ3v) is 4.70. The highest BCUT2D eigenvalue weighted by molar-refractivity contribution is 5.62. The van der Waals surface area contributed by atoms with E-state index in [1.54, 1.807) is 18.6 Å². The predicted octanol–water partition coefficient (Wildman–Crippen LogP) is 3.50. The van der Waals surface area contributed by atoms with E-state index in [1.807, 2.05) is 37.3 Å². The zero-order chi connectivity index (χ0) is 19.2. The van der Waals surface area contributed by atoms with Crippen molar-refractivity contribution in [2.24, 2.45) is 0 Å². The topological polar surface area (TPSA) is 72.7 Å². The van der Waals surface area contributed by atoms with E-state index in [0.29, 0.717) is 18.4 Å². The first-order valence-corrected chi connectivity index (χ1v) is 9.45. The Balaban J connectivity index is 1.38. The van der Waals surface area contributed by atoms with Crippen molar-refractivity contribution in [3.05, 3.63) is 54.5 Å². The van der Waals surface area contributed by atoms with E-state index in [4.69, 9.17) is 13.9 Å². The van der Waals surface area contributed by atoms with Crippen molar-refractivity contribution in [3.63, 3.8) is 0 Å². The monoisotopic (exact) mass is 380 g/mol. The van der Waals surface area contributed by atoms with Gasteiger partial charge in [-0.05, 0) is 30.7 Å². The quantitative estimate of drug-likeness (QED) is 0.672. The van der Waals surface area contributed by atoms with Crippen LogP contribution in [0, 0.1) is 6.92 Å².